The molecule has 2 amide bonds. The molecule has 0 atom stereocenters. The van der Waals surface area contributed by atoms with Crippen LogP contribution >= 0.6 is 0 Å². The number of piperidine rings is 1. The van der Waals surface area contributed by atoms with Crippen molar-refractivity contribution in [1.29, 1.82) is 0 Å². The van der Waals surface area contributed by atoms with Crippen molar-refractivity contribution in [2.45, 2.75) is 12.8 Å². The van der Waals surface area contributed by atoms with Crippen molar-refractivity contribution >= 4 is 23.7 Å². The molecule has 0 aliphatic carbocycles. The molecule has 0 saturated carbocycles. The Morgan fingerprint density at radius 2 is 1.82 bits per heavy atom. The minimum absolute atomic E-state index is 0.0249. The molecule has 0 spiro atoms. The topological polar surface area (TPSA) is 105 Å². The van der Waals surface area contributed by atoms with Crippen molar-refractivity contribution in [3.8, 4) is 0 Å². The quantitative estimate of drug-likeness (QED) is 0.489. The van der Waals surface area contributed by atoms with Crippen LogP contribution in [-0.4, -0.2) is 40.9 Å². The highest BCUT2D eigenvalue weighted by Crippen LogP contribution is 2.19. The van der Waals surface area contributed by atoms with Gasteiger partial charge in [-0.25, -0.2) is 5.43 Å². The average Bonchev–Trinajstić information content (AvgIpc) is 2.74. The Hall–Kier alpha value is -3.55. The smallest absolute Gasteiger partial charge is 0.270 e. The van der Waals surface area contributed by atoms with Crippen LogP contribution in [0, 0.1) is 16.0 Å². The molecule has 1 heterocycles. The normalized spacial score (nSPS) is 14.8. The molecule has 1 saturated heterocycles. The van der Waals surface area contributed by atoms with Gasteiger partial charge in [-0.1, -0.05) is 30.3 Å². The number of amides is 2. The molecular formula is C20H20N4O4. The Balaban J connectivity index is 1.49. The number of rotatable bonds is 5. The van der Waals surface area contributed by atoms with E-state index in [9.17, 15) is 19.7 Å². The van der Waals surface area contributed by atoms with Crippen LogP contribution in [0.4, 0.5) is 5.69 Å². The lowest BCUT2D eigenvalue weighted by Gasteiger charge is -2.31. The van der Waals surface area contributed by atoms with Gasteiger partial charge in [-0.2, -0.15) is 5.10 Å². The number of non-ortho nitro benzene ring substituents is 1. The van der Waals surface area contributed by atoms with Crippen LogP contribution in [0.1, 0.15) is 28.8 Å². The Kier molecular flexibility index (Phi) is 6.11. The lowest BCUT2D eigenvalue weighted by atomic mass is 9.95. The highest BCUT2D eigenvalue weighted by Gasteiger charge is 2.27. The maximum atomic E-state index is 12.4. The minimum atomic E-state index is -0.486. The molecule has 8 heteroatoms. The summed E-state index contributed by atoms with van der Waals surface area (Å²) >= 11 is 0. The third kappa shape index (κ3) is 4.79. The number of nitro benzene ring substituents is 1. The van der Waals surface area contributed by atoms with Gasteiger partial charge >= 0.3 is 0 Å². The number of carbonyl (C=O) groups is 2. The zero-order valence-corrected chi connectivity index (χ0v) is 15.2. The van der Waals surface area contributed by atoms with Gasteiger partial charge < -0.3 is 4.90 Å². The first-order valence-electron chi connectivity index (χ1n) is 8.96. The summed E-state index contributed by atoms with van der Waals surface area (Å²) in [5.41, 5.74) is 3.62. The maximum absolute atomic E-state index is 12.4. The summed E-state index contributed by atoms with van der Waals surface area (Å²) in [6.07, 6.45) is 2.51. The zero-order chi connectivity index (χ0) is 19.9. The van der Waals surface area contributed by atoms with E-state index in [2.05, 4.69) is 10.5 Å². The van der Waals surface area contributed by atoms with Gasteiger partial charge in [0, 0.05) is 42.3 Å². The molecule has 0 radical (unpaired) electrons. The summed E-state index contributed by atoms with van der Waals surface area (Å²) in [6, 6.07) is 15.1. The molecule has 8 nitrogen and oxygen atoms in total. The number of benzene rings is 2. The van der Waals surface area contributed by atoms with Gasteiger partial charge in [0.05, 0.1) is 11.1 Å². The average molecular weight is 380 g/mol. The van der Waals surface area contributed by atoms with E-state index in [0.717, 1.165) is 0 Å². The van der Waals surface area contributed by atoms with Crippen LogP contribution in [0.2, 0.25) is 0 Å². The predicted octanol–water partition coefficient (Wildman–Crippen LogP) is 2.60. The summed E-state index contributed by atoms with van der Waals surface area (Å²) in [7, 11) is 0. The van der Waals surface area contributed by atoms with Gasteiger partial charge in [0.1, 0.15) is 0 Å². The molecule has 2 aromatic rings. The number of likely N-dealkylation sites (tertiary alicyclic amines) is 1. The molecule has 144 valence electrons. The van der Waals surface area contributed by atoms with Crippen LogP contribution in [0.25, 0.3) is 0 Å². The number of hydrogen-bond donors (Lipinski definition) is 1. The first kappa shape index (κ1) is 19.2. The molecule has 1 N–H and O–H groups in total. The van der Waals surface area contributed by atoms with E-state index in [4.69, 9.17) is 0 Å². The second kappa shape index (κ2) is 8.90. The van der Waals surface area contributed by atoms with Gasteiger partial charge in [-0.3, -0.25) is 19.7 Å². The fourth-order valence-corrected chi connectivity index (χ4v) is 3.09. The minimum Gasteiger partial charge on any atom is -0.339 e. The lowest BCUT2D eigenvalue weighted by Crippen LogP contribution is -2.42. The van der Waals surface area contributed by atoms with E-state index >= 15 is 0 Å². The predicted molar refractivity (Wildman–Crippen MR) is 104 cm³/mol. The van der Waals surface area contributed by atoms with Crippen LogP contribution in [0.15, 0.2) is 59.7 Å². The number of nitro groups is 1. The Bertz CT molecular complexity index is 890. The number of nitrogens with zero attached hydrogens (tertiary/aromatic N) is 3. The Morgan fingerprint density at radius 1 is 1.11 bits per heavy atom. The van der Waals surface area contributed by atoms with E-state index in [0.29, 0.717) is 37.1 Å². The summed E-state index contributed by atoms with van der Waals surface area (Å²) in [4.78, 5) is 36.7. The van der Waals surface area contributed by atoms with E-state index in [1.807, 2.05) is 18.2 Å². The first-order valence-corrected chi connectivity index (χ1v) is 8.96. The zero-order valence-electron chi connectivity index (χ0n) is 15.2. The standard InChI is InChI=1S/C20H20N4O4/c25-19(22-21-14-15-5-4-8-18(13-15)24(27)28)16-9-11-23(12-10-16)20(26)17-6-2-1-3-7-17/h1-8,13-14,16H,9-12H2,(H,22,25)/b21-14-. The lowest BCUT2D eigenvalue weighted by molar-refractivity contribution is -0.384. The van der Waals surface area contributed by atoms with Crippen molar-refractivity contribution < 1.29 is 14.5 Å². The molecule has 1 aliphatic heterocycles. The van der Waals surface area contributed by atoms with Gasteiger partial charge in [-0.15, -0.1) is 0 Å². The second-order valence-electron chi connectivity index (χ2n) is 6.52. The SMILES string of the molecule is O=C(N/N=C\c1cccc([N+](=O)[O-])c1)C1CCN(C(=O)c2ccccc2)CC1. The highest BCUT2D eigenvalue weighted by atomic mass is 16.6. The highest BCUT2D eigenvalue weighted by molar-refractivity contribution is 5.94. The van der Waals surface area contributed by atoms with Crippen LogP contribution in [0.3, 0.4) is 0 Å². The third-order valence-electron chi connectivity index (χ3n) is 4.64. The number of nitrogens with one attached hydrogen (secondary N) is 1. The molecule has 0 aromatic heterocycles. The number of hydrazone groups is 1. The van der Waals surface area contributed by atoms with E-state index in [-0.39, 0.29) is 23.4 Å². The monoisotopic (exact) mass is 380 g/mol. The van der Waals surface area contributed by atoms with Crippen molar-refractivity contribution in [3.63, 3.8) is 0 Å². The Labute approximate surface area is 162 Å². The largest absolute Gasteiger partial charge is 0.339 e. The summed E-state index contributed by atoms with van der Waals surface area (Å²) in [5, 5.41) is 14.7. The fourth-order valence-electron chi connectivity index (χ4n) is 3.09. The molecular weight excluding hydrogens is 360 g/mol. The first-order chi connectivity index (χ1) is 13.5. The van der Waals surface area contributed by atoms with Crippen LogP contribution in [0.5, 0.6) is 0 Å². The maximum Gasteiger partial charge on any atom is 0.270 e. The Morgan fingerprint density at radius 3 is 2.50 bits per heavy atom. The van der Waals surface area contributed by atoms with Crippen molar-refractivity contribution in [1.82, 2.24) is 10.3 Å². The molecule has 0 unspecified atom stereocenters. The molecule has 2 aromatic carbocycles. The van der Waals surface area contributed by atoms with Gasteiger partial charge in [-0.05, 0) is 25.0 Å². The van der Waals surface area contributed by atoms with Crippen molar-refractivity contribution in [3.05, 3.63) is 75.8 Å². The molecule has 0 bridgehead atoms. The number of carbonyl (C=O) groups excluding carboxylic acids is 2. The molecule has 1 aliphatic rings. The van der Waals surface area contributed by atoms with E-state index < -0.39 is 4.92 Å². The second-order valence-corrected chi connectivity index (χ2v) is 6.52. The fraction of sp³-hybridized carbons (Fsp3) is 0.250. The third-order valence-corrected chi connectivity index (χ3v) is 4.64. The molecule has 1 fully saturated rings. The van der Waals surface area contributed by atoms with E-state index in [1.165, 1.54) is 18.3 Å². The van der Waals surface area contributed by atoms with E-state index in [1.54, 1.807) is 29.2 Å². The molecule has 28 heavy (non-hydrogen) atoms. The van der Waals surface area contributed by atoms with Crippen LogP contribution < -0.4 is 5.43 Å². The van der Waals surface area contributed by atoms with Gasteiger partial charge in [0.2, 0.25) is 5.91 Å². The van der Waals surface area contributed by atoms with Crippen molar-refractivity contribution in [2.24, 2.45) is 11.0 Å². The summed E-state index contributed by atoms with van der Waals surface area (Å²) in [6.45, 7) is 1.03. The van der Waals surface area contributed by atoms with Gasteiger partial charge in [0.25, 0.3) is 11.6 Å². The van der Waals surface area contributed by atoms with Crippen molar-refractivity contribution in [2.75, 3.05) is 13.1 Å². The summed E-state index contributed by atoms with van der Waals surface area (Å²) in [5.74, 6) is -0.460. The molecule has 3 rings (SSSR count). The number of hydrogen-bond acceptors (Lipinski definition) is 5. The van der Waals surface area contributed by atoms with Crippen LogP contribution in [-0.2, 0) is 4.79 Å². The summed E-state index contributed by atoms with van der Waals surface area (Å²) < 4.78 is 0. The van der Waals surface area contributed by atoms with Gasteiger partial charge in [0.15, 0.2) is 0 Å².